The number of aliphatic hydroxyl groups is 1. The van der Waals surface area contributed by atoms with Gasteiger partial charge >= 0.3 is 0 Å². The number of nitrogens with zero attached hydrogens (tertiary/aromatic N) is 3. The number of hydrogen-bond acceptors (Lipinski definition) is 4. The Morgan fingerprint density at radius 2 is 2.19 bits per heavy atom. The van der Waals surface area contributed by atoms with Gasteiger partial charge in [0.15, 0.2) is 5.16 Å². The summed E-state index contributed by atoms with van der Waals surface area (Å²) in [5.74, 6) is 1.73. The summed E-state index contributed by atoms with van der Waals surface area (Å²) in [4.78, 5) is 0. The maximum Gasteiger partial charge on any atom is 0.191 e. The van der Waals surface area contributed by atoms with Gasteiger partial charge in [0.25, 0.3) is 0 Å². The Labute approximate surface area is 101 Å². The predicted molar refractivity (Wildman–Crippen MR) is 66.6 cm³/mol. The third kappa shape index (κ3) is 3.98. The van der Waals surface area contributed by atoms with E-state index in [4.69, 9.17) is 0 Å². The zero-order valence-electron chi connectivity index (χ0n) is 10.1. The summed E-state index contributed by atoms with van der Waals surface area (Å²) in [6.45, 7) is 9.99. The molecule has 0 spiro atoms. The smallest absolute Gasteiger partial charge is 0.191 e. The fourth-order valence-electron chi connectivity index (χ4n) is 1.20. The summed E-state index contributed by atoms with van der Waals surface area (Å²) in [5, 5.41) is 18.6. The molecule has 0 bridgehead atoms. The Kier molecular flexibility index (Phi) is 4.56. The Morgan fingerprint density at radius 3 is 2.75 bits per heavy atom. The Hall–Kier alpha value is -0.810. The number of aryl methyl sites for hydroxylation is 1. The summed E-state index contributed by atoms with van der Waals surface area (Å²) in [6.07, 6.45) is 2.56. The van der Waals surface area contributed by atoms with Crippen LogP contribution < -0.4 is 0 Å². The van der Waals surface area contributed by atoms with Crippen LogP contribution in [0.1, 0.15) is 26.1 Å². The lowest BCUT2D eigenvalue weighted by Gasteiger charge is -2.15. The lowest BCUT2D eigenvalue weighted by molar-refractivity contribution is 0.0777. The second-order valence-corrected chi connectivity index (χ2v) is 5.40. The zero-order valence-corrected chi connectivity index (χ0v) is 10.9. The molecule has 0 saturated carbocycles. The highest BCUT2D eigenvalue weighted by Gasteiger charge is 2.14. The minimum absolute atomic E-state index is 0.620. The van der Waals surface area contributed by atoms with Crippen LogP contribution in [-0.4, -0.2) is 31.2 Å². The third-order valence-corrected chi connectivity index (χ3v) is 3.13. The topological polar surface area (TPSA) is 50.9 Å². The first-order chi connectivity index (χ1) is 7.44. The van der Waals surface area contributed by atoms with Crippen LogP contribution in [0, 0.1) is 6.92 Å². The molecule has 0 amide bonds. The van der Waals surface area contributed by atoms with E-state index in [9.17, 15) is 5.11 Å². The molecule has 16 heavy (non-hydrogen) atoms. The molecule has 1 aromatic heterocycles. The summed E-state index contributed by atoms with van der Waals surface area (Å²) in [5.41, 5.74) is -0.620. The molecule has 0 aliphatic rings. The first kappa shape index (κ1) is 13.3. The van der Waals surface area contributed by atoms with Gasteiger partial charge < -0.3 is 9.67 Å². The molecule has 1 aromatic rings. The van der Waals surface area contributed by atoms with Crippen molar-refractivity contribution >= 4 is 11.8 Å². The molecule has 0 fully saturated rings. The molecule has 0 unspecified atom stereocenters. The monoisotopic (exact) mass is 241 g/mol. The molecule has 0 aliphatic carbocycles. The van der Waals surface area contributed by atoms with Gasteiger partial charge in [0, 0.05) is 12.3 Å². The lowest BCUT2D eigenvalue weighted by atomic mass is 10.1. The van der Waals surface area contributed by atoms with Gasteiger partial charge in [-0.15, -0.1) is 16.8 Å². The maximum atomic E-state index is 9.60. The molecule has 0 aromatic carbocycles. The summed E-state index contributed by atoms with van der Waals surface area (Å²) >= 11 is 1.62. The van der Waals surface area contributed by atoms with Gasteiger partial charge in [-0.2, -0.15) is 0 Å². The number of hydrogen-bond donors (Lipinski definition) is 1. The minimum Gasteiger partial charge on any atom is -0.390 e. The molecule has 0 radical (unpaired) electrons. The van der Waals surface area contributed by atoms with Crippen LogP contribution in [0.3, 0.4) is 0 Å². The van der Waals surface area contributed by atoms with Crippen molar-refractivity contribution in [2.45, 2.75) is 44.5 Å². The van der Waals surface area contributed by atoms with Crippen LogP contribution in [0.5, 0.6) is 0 Å². The van der Waals surface area contributed by atoms with Gasteiger partial charge in [-0.25, -0.2) is 0 Å². The first-order valence-corrected chi connectivity index (χ1v) is 6.28. The van der Waals surface area contributed by atoms with Gasteiger partial charge in [-0.3, -0.25) is 0 Å². The molecule has 1 heterocycles. The highest BCUT2D eigenvalue weighted by atomic mass is 32.2. The van der Waals surface area contributed by atoms with Crippen molar-refractivity contribution in [3.63, 3.8) is 0 Å². The van der Waals surface area contributed by atoms with Gasteiger partial charge in [0.2, 0.25) is 0 Å². The van der Waals surface area contributed by atoms with E-state index in [0.29, 0.717) is 0 Å². The van der Waals surface area contributed by atoms with Crippen molar-refractivity contribution in [3.05, 3.63) is 18.5 Å². The van der Waals surface area contributed by atoms with E-state index in [2.05, 4.69) is 16.8 Å². The van der Waals surface area contributed by atoms with Crippen LogP contribution in [0.15, 0.2) is 17.8 Å². The van der Waals surface area contributed by atoms with Gasteiger partial charge in [0.1, 0.15) is 5.82 Å². The molecule has 0 saturated heterocycles. The van der Waals surface area contributed by atoms with Crippen LogP contribution >= 0.6 is 11.8 Å². The first-order valence-electron chi connectivity index (χ1n) is 5.30. The summed E-state index contributed by atoms with van der Waals surface area (Å²) in [6, 6.07) is 0. The minimum atomic E-state index is -0.620. The van der Waals surface area contributed by atoms with Crippen LogP contribution in [-0.2, 0) is 6.54 Å². The number of allylic oxidation sites excluding steroid dienone is 1. The average molecular weight is 241 g/mol. The lowest BCUT2D eigenvalue weighted by Crippen LogP contribution is -2.19. The highest BCUT2D eigenvalue weighted by Crippen LogP contribution is 2.20. The highest BCUT2D eigenvalue weighted by molar-refractivity contribution is 7.99. The van der Waals surface area contributed by atoms with Crippen molar-refractivity contribution < 1.29 is 5.11 Å². The Morgan fingerprint density at radius 1 is 1.50 bits per heavy atom. The fourth-order valence-corrected chi connectivity index (χ4v) is 2.44. The van der Waals surface area contributed by atoms with Crippen molar-refractivity contribution in [2.24, 2.45) is 0 Å². The molecule has 1 N–H and O–H groups in total. The van der Waals surface area contributed by atoms with Gasteiger partial charge in [0.05, 0.1) is 5.60 Å². The van der Waals surface area contributed by atoms with Crippen molar-refractivity contribution in [2.75, 3.05) is 5.75 Å². The number of aromatic nitrogens is 3. The van der Waals surface area contributed by atoms with Crippen molar-refractivity contribution in [3.8, 4) is 0 Å². The van der Waals surface area contributed by atoms with E-state index >= 15 is 0 Å². The average Bonchev–Trinajstić information content (AvgIpc) is 2.48. The molecule has 90 valence electrons. The standard InChI is InChI=1S/C11H19N3OS/c1-5-7-14-9(2)12-13-10(14)16-8-6-11(3,4)15/h5,15H,1,6-8H2,2-4H3. The van der Waals surface area contributed by atoms with Gasteiger partial charge in [-0.05, 0) is 27.2 Å². The summed E-state index contributed by atoms with van der Waals surface area (Å²) < 4.78 is 2.02. The van der Waals surface area contributed by atoms with E-state index in [0.717, 1.165) is 29.7 Å². The Bertz CT molecular complexity index is 355. The van der Waals surface area contributed by atoms with E-state index in [1.807, 2.05) is 31.4 Å². The van der Waals surface area contributed by atoms with Crippen LogP contribution in [0.2, 0.25) is 0 Å². The number of thioether (sulfide) groups is 1. The van der Waals surface area contributed by atoms with Crippen molar-refractivity contribution in [1.29, 1.82) is 0 Å². The van der Waals surface area contributed by atoms with E-state index in [1.54, 1.807) is 11.8 Å². The SMILES string of the molecule is C=CCn1c(C)nnc1SCCC(C)(C)O. The van der Waals surface area contributed by atoms with E-state index < -0.39 is 5.60 Å². The number of rotatable bonds is 6. The molecule has 0 atom stereocenters. The molecule has 1 rings (SSSR count). The predicted octanol–water partition coefficient (Wildman–Crippen LogP) is 2.03. The van der Waals surface area contributed by atoms with E-state index in [1.165, 1.54) is 0 Å². The third-order valence-electron chi connectivity index (χ3n) is 2.16. The molecule has 4 nitrogen and oxygen atoms in total. The largest absolute Gasteiger partial charge is 0.390 e. The van der Waals surface area contributed by atoms with Gasteiger partial charge in [-0.1, -0.05) is 17.8 Å². The quantitative estimate of drug-likeness (QED) is 0.611. The Balaban J connectivity index is 2.57. The maximum absolute atomic E-state index is 9.60. The molecular weight excluding hydrogens is 222 g/mol. The van der Waals surface area contributed by atoms with E-state index in [-0.39, 0.29) is 0 Å². The van der Waals surface area contributed by atoms with Crippen molar-refractivity contribution in [1.82, 2.24) is 14.8 Å². The molecular formula is C11H19N3OS. The molecule has 0 aliphatic heterocycles. The second-order valence-electron chi connectivity index (χ2n) is 4.34. The van der Waals surface area contributed by atoms with Crippen LogP contribution in [0.25, 0.3) is 0 Å². The van der Waals surface area contributed by atoms with Crippen LogP contribution in [0.4, 0.5) is 0 Å². The molecule has 5 heteroatoms. The fraction of sp³-hybridized carbons (Fsp3) is 0.636. The summed E-state index contributed by atoms with van der Waals surface area (Å²) in [7, 11) is 0. The zero-order chi connectivity index (χ0) is 12.2. The normalized spacial score (nSPS) is 11.8. The second kappa shape index (κ2) is 5.50.